The van der Waals surface area contributed by atoms with Gasteiger partial charge >= 0.3 is 0 Å². The van der Waals surface area contributed by atoms with Gasteiger partial charge in [-0.3, -0.25) is 0 Å². The summed E-state index contributed by atoms with van der Waals surface area (Å²) in [6.45, 7) is 4.61. The van der Waals surface area contributed by atoms with Gasteiger partial charge < -0.3 is 4.55 Å². The summed E-state index contributed by atoms with van der Waals surface area (Å²) in [6.07, 6.45) is 1.13. The molecule has 1 aromatic heterocycles. The van der Waals surface area contributed by atoms with Crippen LogP contribution in [0.2, 0.25) is 5.02 Å². The lowest BCUT2D eigenvalue weighted by Crippen LogP contribution is -2.38. The molecule has 2 heterocycles. The van der Waals surface area contributed by atoms with Crippen molar-refractivity contribution >= 4 is 22.0 Å². The fraction of sp³-hybridized carbons (Fsp3) is 0.273. The topological polar surface area (TPSA) is 69.2 Å². The summed E-state index contributed by atoms with van der Waals surface area (Å²) < 4.78 is 27.8. The van der Waals surface area contributed by atoms with Crippen LogP contribution in [0.3, 0.4) is 0 Å². The number of aromatic nitrogens is 2. The molecule has 1 aliphatic heterocycles. The van der Waals surface area contributed by atoms with E-state index in [-0.39, 0.29) is 0 Å². The molecule has 0 amide bonds. The van der Waals surface area contributed by atoms with E-state index in [9.17, 15) is 8.76 Å². The Bertz CT molecular complexity index is 1080. The molecule has 2 aromatic carbocycles. The Hall–Kier alpha value is -2.12. The van der Waals surface area contributed by atoms with Gasteiger partial charge in [-0.1, -0.05) is 45.6 Å². The van der Waals surface area contributed by atoms with Gasteiger partial charge in [0.15, 0.2) is 15.3 Å². The van der Waals surface area contributed by atoms with Gasteiger partial charge in [-0.2, -0.15) is 0 Å². The number of fused-ring (bicyclic) bond motifs is 1. The van der Waals surface area contributed by atoms with Crippen LogP contribution in [0.15, 0.2) is 53.4 Å². The Morgan fingerprint density at radius 2 is 1.62 bits per heavy atom. The van der Waals surface area contributed by atoms with Crippen molar-refractivity contribution in [3.05, 3.63) is 76.2 Å². The Labute approximate surface area is 177 Å². The van der Waals surface area contributed by atoms with Crippen molar-refractivity contribution in [3.8, 4) is 11.3 Å². The zero-order valence-corrected chi connectivity index (χ0v) is 18.0. The van der Waals surface area contributed by atoms with E-state index < -0.39 is 10.4 Å². The molecule has 3 aromatic rings. The third kappa shape index (κ3) is 4.12. The van der Waals surface area contributed by atoms with Gasteiger partial charge in [0.25, 0.3) is 0 Å². The standard InChI is InChI=1S/C22H22ClN3O2S/c1-15-3-9-19(10-4-15)29(27,28)26-13-11-20-21(12-14-26)24-16(2)25-22(20)17-5-7-18(23)8-6-17/h3-10H,11-14H2,1-2H3. The second kappa shape index (κ2) is 7.95. The first-order valence-corrected chi connectivity index (χ1v) is 11.4. The SMILES string of the molecule is Cc1ccc([S+](=O)([O-])N2CCc3nc(C)nc(-c4ccc(Cl)cc4)c3CC2)cc1. The van der Waals surface area contributed by atoms with E-state index in [4.69, 9.17) is 11.6 Å². The molecular formula is C22H22ClN3O2S. The van der Waals surface area contributed by atoms with Crippen LogP contribution < -0.4 is 0 Å². The smallest absolute Gasteiger partial charge is 0.175 e. The van der Waals surface area contributed by atoms with Gasteiger partial charge in [-0.05, 0) is 44.5 Å². The molecule has 0 saturated carbocycles. The summed E-state index contributed by atoms with van der Waals surface area (Å²) in [5, 5.41) is 0.668. The third-order valence-electron chi connectivity index (χ3n) is 5.19. The van der Waals surface area contributed by atoms with Gasteiger partial charge in [-0.25, -0.2) is 9.97 Å². The maximum absolute atomic E-state index is 13.1. The molecule has 0 saturated heterocycles. The summed E-state index contributed by atoms with van der Waals surface area (Å²) >= 11 is 6.03. The molecule has 1 aliphatic rings. The van der Waals surface area contributed by atoms with Crippen molar-refractivity contribution in [2.45, 2.75) is 31.6 Å². The first-order valence-electron chi connectivity index (χ1n) is 9.54. The maximum Gasteiger partial charge on any atom is 0.175 e. The lowest BCUT2D eigenvalue weighted by atomic mass is 10.0. The number of halogens is 1. The minimum Gasteiger partial charge on any atom is -0.593 e. The van der Waals surface area contributed by atoms with Crippen LogP contribution in [0.5, 0.6) is 0 Å². The first-order chi connectivity index (χ1) is 13.8. The molecule has 0 spiro atoms. The Kier molecular flexibility index (Phi) is 5.53. The molecule has 0 fully saturated rings. The number of nitrogens with zero attached hydrogens (tertiary/aromatic N) is 3. The highest BCUT2D eigenvalue weighted by atomic mass is 35.5. The average Bonchev–Trinajstić information content (AvgIpc) is 2.91. The fourth-order valence-corrected chi connectivity index (χ4v) is 5.22. The number of benzene rings is 2. The molecule has 150 valence electrons. The quantitative estimate of drug-likeness (QED) is 0.580. The third-order valence-corrected chi connectivity index (χ3v) is 7.36. The van der Waals surface area contributed by atoms with Gasteiger partial charge in [0.2, 0.25) is 0 Å². The minimum absolute atomic E-state index is 0.328. The predicted molar refractivity (Wildman–Crippen MR) is 114 cm³/mol. The zero-order chi connectivity index (χ0) is 20.6. The molecule has 4 rings (SSSR count). The highest BCUT2D eigenvalue weighted by Gasteiger charge is 2.32. The molecule has 7 heteroatoms. The molecule has 1 atom stereocenters. The summed E-state index contributed by atoms with van der Waals surface area (Å²) in [5.41, 5.74) is 4.79. The molecule has 0 bridgehead atoms. The van der Waals surface area contributed by atoms with E-state index in [1.54, 1.807) is 16.4 Å². The van der Waals surface area contributed by atoms with Crippen molar-refractivity contribution in [2.75, 3.05) is 13.1 Å². The average molecular weight is 428 g/mol. The van der Waals surface area contributed by atoms with Crippen LogP contribution >= 0.6 is 11.6 Å². The van der Waals surface area contributed by atoms with Crippen LogP contribution in [0.1, 0.15) is 22.6 Å². The summed E-state index contributed by atoms with van der Waals surface area (Å²) in [5.74, 6) is 0.684. The number of rotatable bonds is 3. The highest BCUT2D eigenvalue weighted by Crippen LogP contribution is 2.30. The Morgan fingerprint density at radius 1 is 0.966 bits per heavy atom. The molecule has 5 nitrogen and oxygen atoms in total. The van der Waals surface area contributed by atoms with Gasteiger partial charge in [0, 0.05) is 41.4 Å². The van der Waals surface area contributed by atoms with Gasteiger partial charge in [-0.15, -0.1) is 4.31 Å². The number of hydrogen-bond acceptors (Lipinski definition) is 4. The number of hydrogen-bond donors (Lipinski definition) is 0. The van der Waals surface area contributed by atoms with Crippen LogP contribution in [-0.2, 0) is 27.5 Å². The zero-order valence-electron chi connectivity index (χ0n) is 16.4. The van der Waals surface area contributed by atoms with Crippen LogP contribution in [0.25, 0.3) is 11.3 Å². The van der Waals surface area contributed by atoms with Crippen LogP contribution in [0.4, 0.5) is 0 Å². The molecule has 0 aliphatic carbocycles. The maximum atomic E-state index is 13.1. The fourth-order valence-electron chi connectivity index (χ4n) is 3.65. The summed E-state index contributed by atoms with van der Waals surface area (Å²) in [4.78, 5) is 9.61. The van der Waals surface area contributed by atoms with Crippen molar-refractivity contribution in [2.24, 2.45) is 0 Å². The van der Waals surface area contributed by atoms with Crippen molar-refractivity contribution in [1.82, 2.24) is 14.3 Å². The van der Waals surface area contributed by atoms with Gasteiger partial charge in [0.05, 0.1) is 5.69 Å². The van der Waals surface area contributed by atoms with Crippen molar-refractivity contribution in [3.63, 3.8) is 0 Å². The number of aryl methyl sites for hydroxylation is 2. The summed E-state index contributed by atoms with van der Waals surface area (Å²) in [6, 6.07) is 14.6. The van der Waals surface area contributed by atoms with Gasteiger partial charge in [0.1, 0.15) is 5.82 Å². The molecular weight excluding hydrogens is 406 g/mol. The highest BCUT2D eigenvalue weighted by molar-refractivity contribution is 7.95. The van der Waals surface area contributed by atoms with E-state index >= 15 is 0 Å². The molecule has 29 heavy (non-hydrogen) atoms. The van der Waals surface area contributed by atoms with E-state index in [0.717, 1.165) is 28.1 Å². The van der Waals surface area contributed by atoms with Crippen LogP contribution in [-0.4, -0.2) is 31.9 Å². The van der Waals surface area contributed by atoms with E-state index in [1.807, 2.05) is 50.2 Å². The lowest BCUT2D eigenvalue weighted by molar-refractivity contribution is 0.363. The number of sulfonamides is 1. The monoisotopic (exact) mass is 427 g/mol. The summed E-state index contributed by atoms with van der Waals surface area (Å²) in [7, 11) is -3.55. The lowest BCUT2D eigenvalue weighted by Gasteiger charge is -2.26. The largest absolute Gasteiger partial charge is 0.593 e. The molecule has 0 N–H and O–H groups in total. The minimum atomic E-state index is -3.55. The van der Waals surface area contributed by atoms with Crippen LogP contribution in [0, 0.1) is 13.8 Å². The second-order valence-corrected chi connectivity index (χ2v) is 9.64. The van der Waals surface area contributed by atoms with E-state index in [0.29, 0.717) is 41.7 Å². The van der Waals surface area contributed by atoms with E-state index in [2.05, 4.69) is 9.97 Å². The predicted octanol–water partition coefficient (Wildman–Crippen LogP) is 4.42. The second-order valence-electron chi connectivity index (χ2n) is 7.27. The normalized spacial score (nSPS) is 16.7. The Balaban J connectivity index is 1.67. The molecule has 0 radical (unpaired) electrons. The first kappa shape index (κ1) is 20.2. The van der Waals surface area contributed by atoms with E-state index in [1.165, 1.54) is 0 Å². The van der Waals surface area contributed by atoms with Crippen molar-refractivity contribution < 1.29 is 8.76 Å². The Morgan fingerprint density at radius 3 is 2.31 bits per heavy atom. The van der Waals surface area contributed by atoms with Crippen molar-refractivity contribution in [1.29, 1.82) is 0 Å². The molecule has 1 unspecified atom stereocenters.